The van der Waals surface area contributed by atoms with Gasteiger partial charge in [-0.2, -0.15) is 0 Å². The van der Waals surface area contributed by atoms with Crippen LogP contribution in [0.4, 0.5) is 17.6 Å². The predicted octanol–water partition coefficient (Wildman–Crippen LogP) is 3.55. The molecule has 0 aliphatic carbocycles. The van der Waals surface area contributed by atoms with E-state index in [-0.39, 0.29) is 0 Å². The molecule has 1 nitrogen and oxygen atoms in total. The molecule has 0 saturated heterocycles. The summed E-state index contributed by atoms with van der Waals surface area (Å²) in [7, 11) is 1.56. The van der Waals surface area contributed by atoms with Crippen molar-refractivity contribution < 1.29 is 17.6 Å². The Labute approximate surface area is 107 Å². The minimum Gasteiger partial charge on any atom is -0.309 e. The van der Waals surface area contributed by atoms with Gasteiger partial charge in [0, 0.05) is 6.07 Å². The quantitative estimate of drug-likeness (QED) is 0.840. The summed E-state index contributed by atoms with van der Waals surface area (Å²) < 4.78 is 52.4. The molecule has 2 aromatic carbocycles. The molecule has 0 amide bonds. The monoisotopic (exact) mass is 269 g/mol. The van der Waals surface area contributed by atoms with Gasteiger partial charge in [-0.15, -0.1) is 0 Å². The fourth-order valence-electron chi connectivity index (χ4n) is 1.96. The number of benzene rings is 2. The van der Waals surface area contributed by atoms with Gasteiger partial charge in [-0.3, -0.25) is 0 Å². The molecular formula is C14H11F4N. The van der Waals surface area contributed by atoms with E-state index in [2.05, 4.69) is 5.32 Å². The molecule has 100 valence electrons. The maximum absolute atomic E-state index is 13.2. The van der Waals surface area contributed by atoms with Crippen molar-refractivity contribution in [2.75, 3.05) is 7.05 Å². The van der Waals surface area contributed by atoms with Crippen molar-refractivity contribution in [2.45, 2.75) is 6.04 Å². The third-order valence-electron chi connectivity index (χ3n) is 2.78. The van der Waals surface area contributed by atoms with Crippen molar-refractivity contribution in [1.29, 1.82) is 0 Å². The highest BCUT2D eigenvalue weighted by atomic mass is 19.2. The second-order valence-corrected chi connectivity index (χ2v) is 4.10. The van der Waals surface area contributed by atoms with Crippen LogP contribution in [-0.4, -0.2) is 7.05 Å². The lowest BCUT2D eigenvalue weighted by molar-refractivity contribution is 0.504. The van der Waals surface area contributed by atoms with Crippen LogP contribution in [0.2, 0.25) is 0 Å². The van der Waals surface area contributed by atoms with Gasteiger partial charge in [0.15, 0.2) is 11.6 Å². The van der Waals surface area contributed by atoms with E-state index >= 15 is 0 Å². The first kappa shape index (κ1) is 13.5. The molecule has 0 radical (unpaired) electrons. The number of nitrogens with one attached hydrogen (secondary N) is 1. The Balaban J connectivity index is 2.46. The first-order valence-corrected chi connectivity index (χ1v) is 5.59. The van der Waals surface area contributed by atoms with Crippen LogP contribution >= 0.6 is 0 Å². The zero-order valence-corrected chi connectivity index (χ0v) is 10.1. The van der Waals surface area contributed by atoms with Crippen molar-refractivity contribution in [3.8, 4) is 0 Å². The molecule has 0 fully saturated rings. The van der Waals surface area contributed by atoms with Crippen molar-refractivity contribution >= 4 is 0 Å². The van der Waals surface area contributed by atoms with E-state index in [4.69, 9.17) is 0 Å². The highest BCUT2D eigenvalue weighted by Crippen LogP contribution is 2.24. The maximum Gasteiger partial charge on any atom is 0.159 e. The molecule has 19 heavy (non-hydrogen) atoms. The summed E-state index contributed by atoms with van der Waals surface area (Å²) >= 11 is 0. The average Bonchev–Trinajstić information content (AvgIpc) is 2.33. The summed E-state index contributed by atoms with van der Waals surface area (Å²) in [5.41, 5.74) is 0.678. The van der Waals surface area contributed by atoms with Crippen LogP contribution in [0.5, 0.6) is 0 Å². The SMILES string of the molecule is CNC(c1cc(F)cc(F)c1)c1ccc(F)c(F)c1. The molecule has 0 saturated carbocycles. The highest BCUT2D eigenvalue weighted by Gasteiger charge is 2.16. The van der Waals surface area contributed by atoms with Gasteiger partial charge < -0.3 is 5.32 Å². The van der Waals surface area contributed by atoms with E-state index in [1.807, 2.05) is 0 Å². The Kier molecular flexibility index (Phi) is 3.85. The van der Waals surface area contributed by atoms with Gasteiger partial charge in [0.25, 0.3) is 0 Å². The van der Waals surface area contributed by atoms with Gasteiger partial charge in [-0.25, -0.2) is 17.6 Å². The summed E-state index contributed by atoms with van der Waals surface area (Å²) in [6, 6.07) is 5.76. The summed E-state index contributed by atoms with van der Waals surface area (Å²) in [5.74, 6) is -3.42. The molecule has 1 unspecified atom stereocenters. The van der Waals surface area contributed by atoms with Crippen LogP contribution in [0.1, 0.15) is 17.2 Å². The van der Waals surface area contributed by atoms with Gasteiger partial charge in [0.05, 0.1) is 6.04 Å². The van der Waals surface area contributed by atoms with Crippen LogP contribution < -0.4 is 5.32 Å². The molecule has 2 rings (SSSR count). The molecule has 1 N–H and O–H groups in total. The number of halogens is 4. The molecule has 0 aliphatic heterocycles. The topological polar surface area (TPSA) is 12.0 Å². The minimum atomic E-state index is -1.00. The fourth-order valence-corrected chi connectivity index (χ4v) is 1.96. The lowest BCUT2D eigenvalue weighted by Gasteiger charge is -2.17. The Morgan fingerprint density at radius 3 is 1.95 bits per heavy atom. The average molecular weight is 269 g/mol. The zero-order chi connectivity index (χ0) is 14.0. The number of hydrogen-bond donors (Lipinski definition) is 1. The van der Waals surface area contributed by atoms with Gasteiger partial charge >= 0.3 is 0 Å². The van der Waals surface area contributed by atoms with Crippen LogP contribution in [0.25, 0.3) is 0 Å². The standard InChI is InChI=1S/C14H11F4N/c1-19-14(8-2-3-12(17)13(18)6-8)9-4-10(15)7-11(16)5-9/h2-7,14,19H,1H3. The first-order chi connectivity index (χ1) is 9.01. The molecule has 0 bridgehead atoms. The van der Waals surface area contributed by atoms with E-state index < -0.39 is 29.3 Å². The Bertz CT molecular complexity index is 578. The van der Waals surface area contributed by atoms with E-state index in [0.717, 1.165) is 30.3 Å². The fraction of sp³-hybridized carbons (Fsp3) is 0.143. The third kappa shape index (κ3) is 2.93. The molecule has 0 aromatic heterocycles. The predicted molar refractivity (Wildman–Crippen MR) is 63.6 cm³/mol. The van der Waals surface area contributed by atoms with Crippen LogP contribution in [0, 0.1) is 23.3 Å². The number of rotatable bonds is 3. The van der Waals surface area contributed by atoms with E-state index in [0.29, 0.717) is 11.1 Å². The molecule has 5 heteroatoms. The van der Waals surface area contributed by atoms with Crippen LogP contribution in [-0.2, 0) is 0 Å². The minimum absolute atomic E-state index is 0.297. The normalized spacial score (nSPS) is 12.5. The summed E-state index contributed by atoms with van der Waals surface area (Å²) in [4.78, 5) is 0. The molecule has 2 aromatic rings. The zero-order valence-electron chi connectivity index (χ0n) is 10.1. The van der Waals surface area contributed by atoms with Gasteiger partial charge in [0.1, 0.15) is 11.6 Å². The smallest absolute Gasteiger partial charge is 0.159 e. The summed E-state index contributed by atoms with van der Waals surface area (Å²) in [6.07, 6.45) is 0. The van der Waals surface area contributed by atoms with Crippen molar-refractivity contribution in [2.24, 2.45) is 0 Å². The van der Waals surface area contributed by atoms with E-state index in [1.165, 1.54) is 6.07 Å². The molecule has 0 heterocycles. The van der Waals surface area contributed by atoms with Gasteiger partial charge in [-0.1, -0.05) is 6.07 Å². The van der Waals surface area contributed by atoms with Gasteiger partial charge in [-0.05, 0) is 42.4 Å². The molecule has 0 aliphatic rings. The number of hydrogen-bond acceptors (Lipinski definition) is 1. The second-order valence-electron chi connectivity index (χ2n) is 4.10. The second kappa shape index (κ2) is 5.40. The maximum atomic E-state index is 13.2. The Morgan fingerprint density at radius 1 is 0.789 bits per heavy atom. The third-order valence-corrected chi connectivity index (χ3v) is 2.78. The Hall–Kier alpha value is -1.88. The largest absolute Gasteiger partial charge is 0.309 e. The molecule has 1 atom stereocenters. The lowest BCUT2D eigenvalue weighted by Crippen LogP contribution is -2.18. The van der Waals surface area contributed by atoms with Crippen molar-refractivity contribution in [3.05, 3.63) is 70.8 Å². The molecular weight excluding hydrogens is 258 g/mol. The van der Waals surface area contributed by atoms with Crippen molar-refractivity contribution in [1.82, 2.24) is 5.32 Å². The van der Waals surface area contributed by atoms with E-state index in [1.54, 1.807) is 7.05 Å². The van der Waals surface area contributed by atoms with Crippen LogP contribution in [0.3, 0.4) is 0 Å². The van der Waals surface area contributed by atoms with Crippen LogP contribution in [0.15, 0.2) is 36.4 Å². The summed E-state index contributed by atoms with van der Waals surface area (Å²) in [6.45, 7) is 0. The first-order valence-electron chi connectivity index (χ1n) is 5.59. The highest BCUT2D eigenvalue weighted by molar-refractivity contribution is 5.33. The lowest BCUT2D eigenvalue weighted by atomic mass is 9.98. The van der Waals surface area contributed by atoms with E-state index in [9.17, 15) is 17.6 Å². The Morgan fingerprint density at radius 2 is 1.42 bits per heavy atom. The van der Waals surface area contributed by atoms with Gasteiger partial charge in [0.2, 0.25) is 0 Å². The summed E-state index contributed by atoms with van der Waals surface area (Å²) in [5, 5.41) is 2.81. The van der Waals surface area contributed by atoms with Crippen molar-refractivity contribution in [3.63, 3.8) is 0 Å². The molecule has 0 spiro atoms.